The fourth-order valence-electron chi connectivity index (χ4n) is 2.92. The number of ether oxygens (including phenoxy) is 1. The zero-order valence-corrected chi connectivity index (χ0v) is 14.3. The van der Waals surface area contributed by atoms with Gasteiger partial charge in [-0.3, -0.25) is 0 Å². The predicted octanol–water partition coefficient (Wildman–Crippen LogP) is 3.36. The van der Waals surface area contributed by atoms with Gasteiger partial charge in [-0.2, -0.15) is 0 Å². The van der Waals surface area contributed by atoms with E-state index in [9.17, 15) is 9.90 Å². The monoisotopic (exact) mass is 339 g/mol. The number of hydrogen-bond donors (Lipinski definition) is 2. The minimum absolute atomic E-state index is 0.150. The third kappa shape index (κ3) is 3.67. The number of hydrogen-bond acceptors (Lipinski definition) is 5. The molecule has 0 radical (unpaired) electrons. The number of phenolic OH excluding ortho intramolecular Hbond substituents is 1. The van der Waals surface area contributed by atoms with Gasteiger partial charge in [0, 0.05) is 36.2 Å². The van der Waals surface area contributed by atoms with Crippen molar-refractivity contribution < 1.29 is 14.3 Å². The molecular weight excluding hydrogens is 318 g/mol. The van der Waals surface area contributed by atoms with Crippen LogP contribution in [0.4, 0.5) is 0 Å². The van der Waals surface area contributed by atoms with E-state index in [0.717, 1.165) is 27.8 Å². The summed E-state index contributed by atoms with van der Waals surface area (Å²) >= 11 is 0. The lowest BCUT2D eigenvalue weighted by molar-refractivity contribution is 0.407. The average Bonchev–Trinajstić information content (AvgIpc) is 2.61. The first kappa shape index (κ1) is 17.0. The molecule has 1 aromatic heterocycles. The van der Waals surface area contributed by atoms with Gasteiger partial charge in [0.25, 0.3) is 0 Å². The zero-order chi connectivity index (χ0) is 17.8. The van der Waals surface area contributed by atoms with Crippen LogP contribution in [0, 0.1) is 0 Å². The van der Waals surface area contributed by atoms with Crippen LogP contribution in [0.2, 0.25) is 0 Å². The van der Waals surface area contributed by atoms with Crippen molar-refractivity contribution in [2.24, 2.45) is 0 Å². The smallest absolute Gasteiger partial charge is 0.336 e. The van der Waals surface area contributed by atoms with Gasteiger partial charge >= 0.3 is 5.63 Å². The first-order valence-corrected chi connectivity index (χ1v) is 8.23. The summed E-state index contributed by atoms with van der Waals surface area (Å²) in [6.07, 6.45) is 0.703. The summed E-state index contributed by atoms with van der Waals surface area (Å²) in [7, 11) is 1.65. The van der Waals surface area contributed by atoms with Crippen LogP contribution in [0.1, 0.15) is 23.6 Å². The molecule has 0 saturated carbocycles. The van der Waals surface area contributed by atoms with E-state index in [0.29, 0.717) is 25.1 Å². The Morgan fingerprint density at radius 1 is 1.08 bits per heavy atom. The number of rotatable bonds is 6. The molecule has 25 heavy (non-hydrogen) atoms. The minimum atomic E-state index is -0.426. The Labute approximate surface area is 145 Å². The molecule has 0 aliphatic carbocycles. The summed E-state index contributed by atoms with van der Waals surface area (Å²) in [4.78, 5) is 11.8. The summed E-state index contributed by atoms with van der Waals surface area (Å²) in [5, 5.41) is 14.2. The summed E-state index contributed by atoms with van der Waals surface area (Å²) in [5.74, 6) is 0.975. The van der Waals surface area contributed by atoms with Gasteiger partial charge in [-0.25, -0.2) is 4.79 Å². The maximum atomic E-state index is 11.8. The van der Waals surface area contributed by atoms with Crippen molar-refractivity contribution in [1.29, 1.82) is 0 Å². The van der Waals surface area contributed by atoms with Gasteiger partial charge in [0.2, 0.25) is 0 Å². The highest BCUT2D eigenvalue weighted by molar-refractivity contribution is 5.82. The van der Waals surface area contributed by atoms with E-state index < -0.39 is 5.63 Å². The van der Waals surface area contributed by atoms with Crippen molar-refractivity contribution >= 4 is 11.0 Å². The van der Waals surface area contributed by atoms with Crippen LogP contribution < -0.4 is 15.7 Å². The van der Waals surface area contributed by atoms with Crippen LogP contribution in [-0.4, -0.2) is 12.2 Å². The van der Waals surface area contributed by atoms with Gasteiger partial charge in [-0.15, -0.1) is 0 Å². The van der Waals surface area contributed by atoms with Crippen molar-refractivity contribution in [1.82, 2.24) is 5.32 Å². The molecule has 2 aromatic carbocycles. The Bertz CT molecular complexity index is 946. The van der Waals surface area contributed by atoms with Gasteiger partial charge < -0.3 is 19.6 Å². The first-order chi connectivity index (χ1) is 12.1. The van der Waals surface area contributed by atoms with Crippen molar-refractivity contribution in [2.45, 2.75) is 26.4 Å². The van der Waals surface area contributed by atoms with Crippen LogP contribution in [0.5, 0.6) is 11.5 Å². The van der Waals surface area contributed by atoms with Crippen LogP contribution in [-0.2, 0) is 19.5 Å². The number of aromatic hydroxyl groups is 1. The van der Waals surface area contributed by atoms with Crippen molar-refractivity contribution in [3.8, 4) is 11.5 Å². The highest BCUT2D eigenvalue weighted by Gasteiger charge is 2.10. The molecular formula is C20H21NO4. The van der Waals surface area contributed by atoms with Crippen LogP contribution >= 0.6 is 0 Å². The summed E-state index contributed by atoms with van der Waals surface area (Å²) in [5.41, 5.74) is 2.69. The molecule has 5 nitrogen and oxygen atoms in total. The molecule has 0 aliphatic heterocycles. The molecule has 0 spiro atoms. The highest BCUT2D eigenvalue weighted by atomic mass is 16.5. The quantitative estimate of drug-likeness (QED) is 0.674. The molecule has 0 aliphatic rings. The molecule has 5 heteroatoms. The topological polar surface area (TPSA) is 71.7 Å². The normalized spacial score (nSPS) is 11.0. The summed E-state index contributed by atoms with van der Waals surface area (Å²) < 4.78 is 10.6. The standard InChI is InChI=1S/C20H21NO4/c1-3-13-8-16-15(9-20(23)25-19(16)10-17(13)22)12-21-11-14-6-4-5-7-18(14)24-2/h4-10,21-22H,3,11-12H2,1-2H3. The summed E-state index contributed by atoms with van der Waals surface area (Å²) in [6, 6.07) is 12.7. The Morgan fingerprint density at radius 2 is 1.84 bits per heavy atom. The maximum Gasteiger partial charge on any atom is 0.336 e. The lowest BCUT2D eigenvalue weighted by Crippen LogP contribution is -2.15. The number of aryl methyl sites for hydroxylation is 1. The molecule has 130 valence electrons. The van der Waals surface area contributed by atoms with Gasteiger partial charge in [-0.1, -0.05) is 25.1 Å². The third-order valence-electron chi connectivity index (χ3n) is 4.23. The molecule has 1 heterocycles. The van der Waals surface area contributed by atoms with Crippen molar-refractivity contribution in [2.75, 3.05) is 7.11 Å². The van der Waals surface area contributed by atoms with Crippen molar-refractivity contribution in [3.63, 3.8) is 0 Å². The lowest BCUT2D eigenvalue weighted by Gasteiger charge is -2.11. The number of phenols is 1. The fourth-order valence-corrected chi connectivity index (χ4v) is 2.92. The van der Waals surface area contributed by atoms with Gasteiger partial charge in [0.1, 0.15) is 17.1 Å². The number of fused-ring (bicyclic) bond motifs is 1. The SMILES string of the molecule is CCc1cc2c(CNCc3ccccc3OC)cc(=O)oc2cc1O. The first-order valence-electron chi connectivity index (χ1n) is 8.23. The molecule has 0 amide bonds. The second-order valence-electron chi connectivity index (χ2n) is 5.84. The Balaban J connectivity index is 1.87. The van der Waals surface area contributed by atoms with E-state index in [4.69, 9.17) is 9.15 Å². The van der Waals surface area contributed by atoms with E-state index in [-0.39, 0.29) is 5.75 Å². The largest absolute Gasteiger partial charge is 0.508 e. The molecule has 3 rings (SSSR count). The molecule has 0 atom stereocenters. The predicted molar refractivity (Wildman–Crippen MR) is 97.1 cm³/mol. The second-order valence-corrected chi connectivity index (χ2v) is 5.84. The van der Waals surface area contributed by atoms with E-state index in [2.05, 4.69) is 5.32 Å². The zero-order valence-electron chi connectivity index (χ0n) is 14.3. The summed E-state index contributed by atoms with van der Waals surface area (Å²) in [6.45, 7) is 3.10. The van der Waals surface area contributed by atoms with Crippen LogP contribution in [0.15, 0.2) is 51.7 Å². The number of methoxy groups -OCH3 is 1. The number of nitrogens with one attached hydrogen (secondary N) is 1. The highest BCUT2D eigenvalue weighted by Crippen LogP contribution is 2.27. The molecule has 0 unspecified atom stereocenters. The minimum Gasteiger partial charge on any atom is -0.508 e. The van der Waals surface area contributed by atoms with E-state index in [1.54, 1.807) is 7.11 Å². The Morgan fingerprint density at radius 3 is 2.60 bits per heavy atom. The Hall–Kier alpha value is -2.79. The van der Waals surface area contributed by atoms with Crippen LogP contribution in [0.3, 0.4) is 0 Å². The molecule has 0 fully saturated rings. The van der Waals surface area contributed by atoms with Gasteiger partial charge in [0.05, 0.1) is 7.11 Å². The molecule has 3 aromatic rings. The maximum absolute atomic E-state index is 11.8. The van der Waals surface area contributed by atoms with Crippen molar-refractivity contribution in [3.05, 3.63) is 69.6 Å². The molecule has 2 N–H and O–H groups in total. The van der Waals surface area contributed by atoms with Gasteiger partial charge in [-0.05, 0) is 29.7 Å². The average molecular weight is 339 g/mol. The number of benzene rings is 2. The second kappa shape index (κ2) is 7.40. The molecule has 0 saturated heterocycles. The fraction of sp³-hybridized carbons (Fsp3) is 0.250. The van der Waals surface area contributed by atoms with Crippen LogP contribution in [0.25, 0.3) is 11.0 Å². The van der Waals surface area contributed by atoms with Gasteiger partial charge in [0.15, 0.2) is 0 Å². The molecule has 0 bridgehead atoms. The van der Waals surface area contributed by atoms with E-state index in [1.807, 2.05) is 37.3 Å². The lowest BCUT2D eigenvalue weighted by atomic mass is 10.0. The van der Waals surface area contributed by atoms with E-state index in [1.165, 1.54) is 12.1 Å². The Kier molecular flexibility index (Phi) is 5.05. The van der Waals surface area contributed by atoms with E-state index >= 15 is 0 Å². The number of para-hydroxylation sites is 1. The third-order valence-corrected chi connectivity index (χ3v) is 4.23.